The van der Waals surface area contributed by atoms with Crippen LogP contribution in [0.15, 0.2) is 0 Å². The van der Waals surface area contributed by atoms with Crippen molar-refractivity contribution in [3.05, 3.63) is 0 Å². The Morgan fingerprint density at radius 2 is 1.62 bits per heavy atom. The van der Waals surface area contributed by atoms with Crippen LogP contribution >= 0.6 is 0 Å². The molecule has 0 aliphatic rings. The SMILES string of the molecule is CCC(CC)C(N)C(C)S(C)(=O)=O. The molecule has 0 aromatic rings. The molecule has 0 radical (unpaired) electrons. The van der Waals surface area contributed by atoms with Crippen LogP contribution in [0, 0.1) is 5.92 Å². The van der Waals surface area contributed by atoms with Crippen LogP contribution in [0.25, 0.3) is 0 Å². The van der Waals surface area contributed by atoms with Crippen molar-refractivity contribution in [3.63, 3.8) is 0 Å². The van der Waals surface area contributed by atoms with Crippen LogP contribution < -0.4 is 5.73 Å². The molecule has 4 heteroatoms. The van der Waals surface area contributed by atoms with Crippen molar-refractivity contribution >= 4 is 9.84 Å². The van der Waals surface area contributed by atoms with Crippen molar-refractivity contribution in [2.75, 3.05) is 6.26 Å². The molecule has 13 heavy (non-hydrogen) atoms. The topological polar surface area (TPSA) is 60.2 Å². The van der Waals surface area contributed by atoms with Gasteiger partial charge in [0.15, 0.2) is 9.84 Å². The van der Waals surface area contributed by atoms with E-state index in [-0.39, 0.29) is 6.04 Å². The van der Waals surface area contributed by atoms with Crippen LogP contribution in [-0.2, 0) is 9.84 Å². The molecular weight excluding hydrogens is 186 g/mol. The molecule has 0 amide bonds. The molecule has 0 aliphatic heterocycles. The molecule has 0 aliphatic carbocycles. The summed E-state index contributed by atoms with van der Waals surface area (Å²) in [5.41, 5.74) is 5.89. The van der Waals surface area contributed by atoms with Crippen LogP contribution in [-0.4, -0.2) is 26.0 Å². The van der Waals surface area contributed by atoms with Gasteiger partial charge in [0, 0.05) is 12.3 Å². The van der Waals surface area contributed by atoms with Gasteiger partial charge >= 0.3 is 0 Å². The third-order valence-electron chi connectivity index (χ3n) is 2.81. The van der Waals surface area contributed by atoms with Gasteiger partial charge in [-0.15, -0.1) is 0 Å². The van der Waals surface area contributed by atoms with Crippen LogP contribution in [0.5, 0.6) is 0 Å². The molecule has 0 saturated carbocycles. The second-order valence-electron chi connectivity index (χ2n) is 3.69. The van der Waals surface area contributed by atoms with Crippen molar-refractivity contribution < 1.29 is 8.42 Å². The molecule has 0 saturated heterocycles. The van der Waals surface area contributed by atoms with Gasteiger partial charge in [-0.05, 0) is 12.8 Å². The Hall–Kier alpha value is -0.0900. The Balaban J connectivity index is 4.50. The highest BCUT2D eigenvalue weighted by Crippen LogP contribution is 2.17. The average molecular weight is 207 g/mol. The van der Waals surface area contributed by atoms with Gasteiger partial charge in [-0.25, -0.2) is 8.42 Å². The van der Waals surface area contributed by atoms with E-state index in [1.54, 1.807) is 6.92 Å². The van der Waals surface area contributed by atoms with Gasteiger partial charge in [0.25, 0.3) is 0 Å². The summed E-state index contributed by atoms with van der Waals surface area (Å²) in [6.07, 6.45) is 3.13. The molecular formula is C9H21NO2S. The normalized spacial score (nSPS) is 17.4. The smallest absolute Gasteiger partial charge is 0.151 e. The van der Waals surface area contributed by atoms with Gasteiger partial charge in [-0.1, -0.05) is 26.7 Å². The fourth-order valence-corrected chi connectivity index (χ4v) is 2.29. The van der Waals surface area contributed by atoms with Gasteiger partial charge in [-0.3, -0.25) is 0 Å². The summed E-state index contributed by atoms with van der Waals surface area (Å²) in [6.45, 7) is 5.78. The van der Waals surface area contributed by atoms with Gasteiger partial charge in [0.05, 0.1) is 5.25 Å². The lowest BCUT2D eigenvalue weighted by Gasteiger charge is -2.25. The molecule has 2 N–H and O–H groups in total. The molecule has 0 aromatic carbocycles. The maximum absolute atomic E-state index is 11.2. The van der Waals surface area contributed by atoms with E-state index < -0.39 is 15.1 Å². The lowest BCUT2D eigenvalue weighted by molar-refractivity contribution is 0.386. The minimum Gasteiger partial charge on any atom is -0.326 e. The monoisotopic (exact) mass is 207 g/mol. The molecule has 0 aromatic heterocycles. The molecule has 80 valence electrons. The van der Waals surface area contributed by atoms with Crippen molar-refractivity contribution in [3.8, 4) is 0 Å². The summed E-state index contributed by atoms with van der Waals surface area (Å²) < 4.78 is 22.5. The molecule has 0 spiro atoms. The van der Waals surface area contributed by atoms with Gasteiger partial charge in [0.2, 0.25) is 0 Å². The number of hydrogen-bond acceptors (Lipinski definition) is 3. The minimum absolute atomic E-state index is 0.231. The summed E-state index contributed by atoms with van der Waals surface area (Å²) in [5, 5.41) is -0.433. The summed E-state index contributed by atoms with van der Waals surface area (Å²) in [7, 11) is -2.99. The molecule has 3 nitrogen and oxygen atoms in total. The van der Waals surface area contributed by atoms with E-state index in [0.717, 1.165) is 12.8 Å². The third-order valence-corrected chi connectivity index (χ3v) is 4.48. The van der Waals surface area contributed by atoms with Crippen molar-refractivity contribution in [1.82, 2.24) is 0 Å². The minimum atomic E-state index is -2.99. The zero-order chi connectivity index (χ0) is 10.6. The number of sulfone groups is 1. The van der Waals surface area contributed by atoms with E-state index in [0.29, 0.717) is 5.92 Å². The Kier molecular flexibility index (Phi) is 4.92. The molecule has 2 unspecified atom stereocenters. The first kappa shape index (κ1) is 12.9. The van der Waals surface area contributed by atoms with Crippen LogP contribution in [0.4, 0.5) is 0 Å². The second-order valence-corrected chi connectivity index (χ2v) is 6.09. The lowest BCUT2D eigenvalue weighted by Crippen LogP contribution is -2.43. The highest BCUT2D eigenvalue weighted by molar-refractivity contribution is 7.91. The van der Waals surface area contributed by atoms with Crippen LogP contribution in [0.3, 0.4) is 0 Å². The first-order valence-corrected chi connectivity index (χ1v) is 6.74. The predicted molar refractivity (Wildman–Crippen MR) is 56.4 cm³/mol. The highest BCUT2D eigenvalue weighted by Gasteiger charge is 2.27. The summed E-state index contributed by atoms with van der Waals surface area (Å²) in [4.78, 5) is 0. The van der Waals surface area contributed by atoms with Crippen LogP contribution in [0.2, 0.25) is 0 Å². The number of nitrogens with two attached hydrogens (primary N) is 1. The zero-order valence-electron chi connectivity index (χ0n) is 8.95. The van der Waals surface area contributed by atoms with E-state index in [1.165, 1.54) is 6.26 Å². The Bertz CT molecular complexity index is 232. The Labute approximate surface area is 81.6 Å². The second kappa shape index (κ2) is 4.96. The fourth-order valence-electron chi connectivity index (χ4n) is 1.50. The zero-order valence-corrected chi connectivity index (χ0v) is 9.76. The maximum atomic E-state index is 11.2. The van der Waals surface area contributed by atoms with Gasteiger partial charge in [0.1, 0.15) is 0 Å². The third kappa shape index (κ3) is 3.65. The molecule has 0 fully saturated rings. The number of rotatable bonds is 5. The molecule has 0 bridgehead atoms. The standard InChI is InChI=1S/C9H21NO2S/c1-5-8(6-2)9(10)7(3)13(4,11)12/h7-9H,5-6,10H2,1-4H3. The molecule has 2 atom stereocenters. The van der Waals surface area contributed by atoms with E-state index in [1.807, 2.05) is 13.8 Å². The number of hydrogen-bond donors (Lipinski definition) is 1. The maximum Gasteiger partial charge on any atom is 0.151 e. The molecule has 0 heterocycles. The summed E-state index contributed by atoms with van der Waals surface area (Å²) in [5.74, 6) is 0.310. The first-order chi connectivity index (χ1) is 5.84. The van der Waals surface area contributed by atoms with Crippen molar-refractivity contribution in [1.29, 1.82) is 0 Å². The first-order valence-electron chi connectivity index (χ1n) is 4.79. The molecule has 0 rings (SSSR count). The Morgan fingerprint density at radius 1 is 1.23 bits per heavy atom. The van der Waals surface area contributed by atoms with Gasteiger partial charge < -0.3 is 5.73 Å². The largest absolute Gasteiger partial charge is 0.326 e. The van der Waals surface area contributed by atoms with Crippen molar-refractivity contribution in [2.45, 2.75) is 44.9 Å². The Morgan fingerprint density at radius 3 is 1.85 bits per heavy atom. The average Bonchev–Trinajstić information content (AvgIpc) is 2.03. The quantitative estimate of drug-likeness (QED) is 0.736. The van der Waals surface area contributed by atoms with E-state index in [2.05, 4.69) is 0 Å². The van der Waals surface area contributed by atoms with Crippen LogP contribution in [0.1, 0.15) is 33.6 Å². The summed E-state index contributed by atoms with van der Waals surface area (Å²) >= 11 is 0. The predicted octanol–water partition coefficient (Wildman–Crippen LogP) is 1.18. The summed E-state index contributed by atoms with van der Waals surface area (Å²) in [6, 6.07) is -0.231. The fraction of sp³-hybridized carbons (Fsp3) is 1.00. The van der Waals surface area contributed by atoms with E-state index >= 15 is 0 Å². The van der Waals surface area contributed by atoms with E-state index in [9.17, 15) is 8.42 Å². The van der Waals surface area contributed by atoms with Gasteiger partial charge in [-0.2, -0.15) is 0 Å². The highest BCUT2D eigenvalue weighted by atomic mass is 32.2. The van der Waals surface area contributed by atoms with E-state index in [4.69, 9.17) is 5.73 Å². The van der Waals surface area contributed by atoms with Crippen molar-refractivity contribution in [2.24, 2.45) is 11.7 Å². The lowest BCUT2D eigenvalue weighted by atomic mass is 9.93.